The summed E-state index contributed by atoms with van der Waals surface area (Å²) in [5.74, 6) is 1.95. The first-order valence-corrected chi connectivity index (χ1v) is 6.21. The predicted molar refractivity (Wildman–Crippen MR) is 73.5 cm³/mol. The maximum absolute atomic E-state index is 4.10. The van der Waals surface area contributed by atoms with Crippen LogP contribution in [0, 0.1) is 0 Å². The van der Waals surface area contributed by atoms with Gasteiger partial charge in [0.25, 0.3) is 0 Å². The summed E-state index contributed by atoms with van der Waals surface area (Å²) in [5, 5.41) is 0. The molecular weight excluding hydrogens is 466 g/mol. The highest BCUT2D eigenvalue weighted by atomic mass is 127. The van der Waals surface area contributed by atoms with Gasteiger partial charge in [-0.25, -0.2) is 0 Å². The third-order valence-corrected chi connectivity index (χ3v) is 1.94. The minimum Gasteiger partial charge on any atom is -1.00 e. The molecule has 16 heavy (non-hydrogen) atoms. The Morgan fingerprint density at radius 3 is 0.812 bits per heavy atom. The topological polar surface area (TPSA) is 0 Å². The average molecular weight is 494 g/mol. The largest absolute Gasteiger partial charge is 1.00 e. The van der Waals surface area contributed by atoms with Gasteiger partial charge in [-0.1, -0.05) is 0 Å². The lowest BCUT2D eigenvalue weighted by Gasteiger charge is -2.22. The van der Waals surface area contributed by atoms with Crippen LogP contribution in [0.5, 0.6) is 0 Å². The molecule has 0 aromatic rings. The summed E-state index contributed by atoms with van der Waals surface area (Å²) < 4.78 is 2.03. The van der Waals surface area contributed by atoms with E-state index in [1.807, 2.05) is 0 Å². The van der Waals surface area contributed by atoms with Crippen molar-refractivity contribution in [1.82, 2.24) is 0 Å². The quantitative estimate of drug-likeness (QED) is 0.219. The van der Waals surface area contributed by atoms with Gasteiger partial charge in [0.15, 0.2) is 0 Å². The fourth-order valence-corrected chi connectivity index (χ4v) is 1.80. The van der Waals surface area contributed by atoms with Crippen LogP contribution >= 0.6 is 25.3 Å². The van der Waals surface area contributed by atoms with Gasteiger partial charge in [-0.05, 0) is 0 Å². The Morgan fingerprint density at radius 1 is 0.625 bits per heavy atom. The van der Waals surface area contributed by atoms with Gasteiger partial charge < -0.3 is 56.9 Å². The van der Waals surface area contributed by atoms with Crippen molar-refractivity contribution in [3.8, 4) is 0 Å². The summed E-state index contributed by atoms with van der Waals surface area (Å²) in [6.07, 6.45) is 0. The molecule has 0 fully saturated rings. The lowest BCUT2D eigenvalue weighted by Crippen LogP contribution is -3.00. The standard InChI is InChI=1S/2C5H13NS.2HI/c2*1-6(2,3)4-5-7;;/h2*4-5H2,1-3H3;2*1H. The normalized spacial score (nSPS) is 10.5. The minimum atomic E-state index is 0. The van der Waals surface area contributed by atoms with E-state index in [0.717, 1.165) is 33.6 Å². The van der Waals surface area contributed by atoms with E-state index in [1.54, 1.807) is 0 Å². The Bertz CT molecular complexity index is 118. The Morgan fingerprint density at radius 2 is 0.812 bits per heavy atom. The second-order valence-electron chi connectivity index (χ2n) is 5.48. The van der Waals surface area contributed by atoms with E-state index in [9.17, 15) is 0 Å². The van der Waals surface area contributed by atoms with Gasteiger partial charge in [-0.15, -0.1) is 0 Å². The molecule has 2 nitrogen and oxygen atoms in total. The van der Waals surface area contributed by atoms with Crippen molar-refractivity contribution < 1.29 is 56.9 Å². The van der Waals surface area contributed by atoms with E-state index in [1.165, 1.54) is 0 Å². The minimum absolute atomic E-state index is 0. The third kappa shape index (κ3) is 36.0. The molecule has 0 saturated heterocycles. The Labute approximate surface area is 148 Å². The molecule has 0 saturated carbocycles. The van der Waals surface area contributed by atoms with Gasteiger partial charge >= 0.3 is 0 Å². The van der Waals surface area contributed by atoms with Crippen LogP contribution in [0.15, 0.2) is 0 Å². The molecule has 6 heteroatoms. The van der Waals surface area contributed by atoms with Crippen molar-refractivity contribution in [3.63, 3.8) is 0 Å². The van der Waals surface area contributed by atoms with Crippen LogP contribution in [0.3, 0.4) is 0 Å². The highest BCUT2D eigenvalue weighted by Crippen LogP contribution is 1.89. The predicted octanol–water partition coefficient (Wildman–Crippen LogP) is -4.75. The Balaban J connectivity index is -0.0000000800. The van der Waals surface area contributed by atoms with E-state index in [4.69, 9.17) is 0 Å². The van der Waals surface area contributed by atoms with Crippen LogP contribution in [0.1, 0.15) is 0 Å². The first-order chi connectivity index (χ1) is 6.12. The van der Waals surface area contributed by atoms with Crippen molar-refractivity contribution >= 4 is 25.3 Å². The maximum atomic E-state index is 4.10. The van der Waals surface area contributed by atoms with Crippen molar-refractivity contribution in [2.75, 3.05) is 66.9 Å². The monoisotopic (exact) mass is 494 g/mol. The first kappa shape index (κ1) is 26.6. The summed E-state index contributed by atoms with van der Waals surface area (Å²) in [6, 6.07) is 0. The summed E-state index contributed by atoms with van der Waals surface area (Å²) >= 11 is 8.20. The number of rotatable bonds is 4. The van der Waals surface area contributed by atoms with E-state index in [0.29, 0.717) is 0 Å². The number of hydrogen-bond donors (Lipinski definition) is 2. The third-order valence-electron chi connectivity index (χ3n) is 1.54. The zero-order valence-electron chi connectivity index (χ0n) is 11.4. The van der Waals surface area contributed by atoms with Gasteiger partial charge in [-0.3, -0.25) is 0 Å². The molecule has 0 aliphatic heterocycles. The highest BCUT2D eigenvalue weighted by Gasteiger charge is 2.02. The van der Waals surface area contributed by atoms with E-state index in [2.05, 4.69) is 67.5 Å². The molecule has 0 radical (unpaired) electrons. The summed E-state index contributed by atoms with van der Waals surface area (Å²) in [5.41, 5.74) is 0. The SMILES string of the molecule is C[N+](C)(C)CCS.C[N+](C)(C)CCS.[I-].[I-]. The zero-order valence-corrected chi connectivity index (χ0v) is 17.5. The molecule has 0 aliphatic carbocycles. The molecule has 0 aliphatic rings. The van der Waals surface area contributed by atoms with E-state index >= 15 is 0 Å². The van der Waals surface area contributed by atoms with Crippen LogP contribution in [0.25, 0.3) is 0 Å². The van der Waals surface area contributed by atoms with Gasteiger partial charge in [0.2, 0.25) is 0 Å². The number of halogens is 2. The summed E-state index contributed by atoms with van der Waals surface area (Å²) in [4.78, 5) is 0. The van der Waals surface area contributed by atoms with Crippen LogP contribution in [0.4, 0.5) is 0 Å². The van der Waals surface area contributed by atoms with Gasteiger partial charge in [0.1, 0.15) is 0 Å². The maximum Gasteiger partial charge on any atom is 0.0869 e. The molecular formula is C10H28I2N2S2. The number of thiol groups is 2. The van der Waals surface area contributed by atoms with Crippen LogP contribution in [0.2, 0.25) is 0 Å². The zero-order chi connectivity index (χ0) is 11.8. The number of hydrogen-bond acceptors (Lipinski definition) is 2. The second kappa shape index (κ2) is 13.5. The van der Waals surface area contributed by atoms with Crippen molar-refractivity contribution in [2.24, 2.45) is 0 Å². The molecule has 0 spiro atoms. The first-order valence-electron chi connectivity index (χ1n) is 4.95. The van der Waals surface area contributed by atoms with Crippen LogP contribution < -0.4 is 48.0 Å². The van der Waals surface area contributed by atoms with Crippen molar-refractivity contribution in [3.05, 3.63) is 0 Å². The van der Waals surface area contributed by atoms with E-state index in [-0.39, 0.29) is 48.0 Å². The molecule has 0 rings (SSSR count). The van der Waals surface area contributed by atoms with E-state index < -0.39 is 0 Å². The van der Waals surface area contributed by atoms with Gasteiger partial charge in [0, 0.05) is 11.5 Å². The molecule has 0 amide bonds. The van der Waals surface area contributed by atoms with Crippen LogP contribution in [-0.4, -0.2) is 75.8 Å². The molecule has 0 atom stereocenters. The lowest BCUT2D eigenvalue weighted by molar-refractivity contribution is -0.867. The number of quaternary nitrogens is 2. The fourth-order valence-electron chi connectivity index (χ4n) is 0.600. The summed E-state index contributed by atoms with van der Waals surface area (Å²) in [6.45, 7) is 2.28. The Hall–Kier alpha value is 2.08. The summed E-state index contributed by atoms with van der Waals surface area (Å²) in [7, 11) is 13.0. The van der Waals surface area contributed by atoms with Gasteiger partial charge in [-0.2, -0.15) is 25.3 Å². The second-order valence-corrected chi connectivity index (χ2v) is 6.37. The highest BCUT2D eigenvalue weighted by molar-refractivity contribution is 7.80. The fraction of sp³-hybridized carbons (Fsp3) is 1.00. The molecule has 0 bridgehead atoms. The molecule has 0 N–H and O–H groups in total. The van der Waals surface area contributed by atoms with Crippen LogP contribution in [-0.2, 0) is 0 Å². The van der Waals surface area contributed by atoms with Crippen molar-refractivity contribution in [1.29, 1.82) is 0 Å². The van der Waals surface area contributed by atoms with Crippen molar-refractivity contribution in [2.45, 2.75) is 0 Å². The molecule has 0 heterocycles. The molecule has 0 aromatic heterocycles. The van der Waals surface area contributed by atoms with Gasteiger partial charge in [0.05, 0.1) is 55.4 Å². The smallest absolute Gasteiger partial charge is 0.0869 e. The number of nitrogens with zero attached hydrogens (tertiary/aromatic N) is 2. The lowest BCUT2D eigenvalue weighted by atomic mass is 10.6. The Kier molecular flexibility index (Phi) is 22.5. The molecule has 104 valence electrons. The average Bonchev–Trinajstić information content (AvgIpc) is 1.81. The molecule has 0 aromatic carbocycles. The molecule has 0 unspecified atom stereocenters.